The van der Waals surface area contributed by atoms with Crippen molar-refractivity contribution in [2.45, 2.75) is 25.6 Å². The Balaban J connectivity index is 2.17. The molecule has 0 amide bonds. The second kappa shape index (κ2) is 5.25. The molecule has 3 nitrogen and oxygen atoms in total. The maximum atomic E-state index is 9.49. The average Bonchev–Trinajstić information content (AvgIpc) is 2.77. The predicted octanol–water partition coefficient (Wildman–Crippen LogP) is 2.62. The van der Waals surface area contributed by atoms with Gasteiger partial charge < -0.3 is 14.7 Å². The highest BCUT2D eigenvalue weighted by Gasteiger charge is 2.23. The van der Waals surface area contributed by atoms with Crippen molar-refractivity contribution in [3.05, 3.63) is 28.8 Å². The molecule has 1 aliphatic rings. The maximum Gasteiger partial charge on any atom is 0.0762 e. The van der Waals surface area contributed by atoms with Crippen LogP contribution in [0.1, 0.15) is 25.0 Å². The molecule has 1 heterocycles. The van der Waals surface area contributed by atoms with Gasteiger partial charge in [-0.25, -0.2) is 0 Å². The van der Waals surface area contributed by atoms with Gasteiger partial charge in [-0.3, -0.25) is 0 Å². The standard InChI is InChI=1S/C13H18ClNO2/c1-9(16)10-3-4-13(12(14)7-10)15-6-5-11(8-15)17-2/h3-4,7,9,11,16H,5-6,8H2,1-2H3/t9-,11?/m0/s1. The number of nitrogens with zero attached hydrogens (tertiary/aromatic N) is 1. The number of ether oxygens (including phenoxy) is 1. The van der Waals surface area contributed by atoms with Crippen LogP contribution in [-0.4, -0.2) is 31.4 Å². The molecule has 1 N–H and O–H groups in total. The number of methoxy groups -OCH3 is 1. The Bertz CT molecular complexity index is 395. The van der Waals surface area contributed by atoms with E-state index in [2.05, 4.69) is 4.90 Å². The largest absolute Gasteiger partial charge is 0.389 e. The fourth-order valence-electron chi connectivity index (χ4n) is 2.18. The Morgan fingerprint density at radius 1 is 1.53 bits per heavy atom. The van der Waals surface area contributed by atoms with E-state index in [4.69, 9.17) is 16.3 Å². The molecule has 1 fully saturated rings. The molecule has 17 heavy (non-hydrogen) atoms. The van der Waals surface area contributed by atoms with Crippen LogP contribution >= 0.6 is 11.6 Å². The molecule has 0 bridgehead atoms. The van der Waals surface area contributed by atoms with E-state index in [0.29, 0.717) is 11.1 Å². The van der Waals surface area contributed by atoms with Gasteiger partial charge in [-0.15, -0.1) is 0 Å². The van der Waals surface area contributed by atoms with E-state index in [-0.39, 0.29) is 0 Å². The van der Waals surface area contributed by atoms with Gasteiger partial charge in [0.05, 0.1) is 22.9 Å². The smallest absolute Gasteiger partial charge is 0.0762 e. The van der Waals surface area contributed by atoms with Crippen molar-refractivity contribution >= 4 is 17.3 Å². The first-order valence-electron chi connectivity index (χ1n) is 5.87. The van der Waals surface area contributed by atoms with Crippen LogP contribution in [0, 0.1) is 0 Å². The van der Waals surface area contributed by atoms with E-state index < -0.39 is 6.10 Å². The third kappa shape index (κ3) is 2.73. The number of hydrogen-bond donors (Lipinski definition) is 1. The maximum absolute atomic E-state index is 9.49. The molecule has 0 saturated carbocycles. The molecule has 2 rings (SSSR count). The lowest BCUT2D eigenvalue weighted by Gasteiger charge is -2.20. The molecule has 4 heteroatoms. The van der Waals surface area contributed by atoms with Crippen LogP contribution < -0.4 is 4.90 Å². The lowest BCUT2D eigenvalue weighted by atomic mass is 10.1. The molecule has 0 spiro atoms. The van der Waals surface area contributed by atoms with Gasteiger partial charge in [-0.1, -0.05) is 17.7 Å². The summed E-state index contributed by atoms with van der Waals surface area (Å²) in [6.07, 6.45) is 0.847. The second-order valence-corrected chi connectivity index (χ2v) is 4.89. The van der Waals surface area contributed by atoms with Gasteiger partial charge in [0, 0.05) is 20.2 Å². The minimum Gasteiger partial charge on any atom is -0.389 e. The minimum atomic E-state index is -0.480. The highest BCUT2D eigenvalue weighted by atomic mass is 35.5. The number of hydrogen-bond acceptors (Lipinski definition) is 3. The number of halogens is 1. The van der Waals surface area contributed by atoms with E-state index in [1.807, 2.05) is 18.2 Å². The molecular weight excluding hydrogens is 238 g/mol. The first kappa shape index (κ1) is 12.7. The van der Waals surface area contributed by atoms with Crippen molar-refractivity contribution in [3.63, 3.8) is 0 Å². The monoisotopic (exact) mass is 255 g/mol. The summed E-state index contributed by atoms with van der Waals surface area (Å²) in [5.41, 5.74) is 1.87. The Morgan fingerprint density at radius 2 is 2.29 bits per heavy atom. The lowest BCUT2D eigenvalue weighted by Crippen LogP contribution is -2.22. The molecule has 0 radical (unpaired) electrons. The molecular formula is C13H18ClNO2. The normalized spacial score (nSPS) is 21.9. The summed E-state index contributed by atoms with van der Waals surface area (Å²) in [4.78, 5) is 2.22. The number of rotatable bonds is 3. The van der Waals surface area contributed by atoms with Crippen molar-refractivity contribution < 1.29 is 9.84 Å². The highest BCUT2D eigenvalue weighted by molar-refractivity contribution is 6.33. The first-order valence-corrected chi connectivity index (χ1v) is 6.25. The summed E-state index contributed by atoms with van der Waals surface area (Å²) in [6.45, 7) is 3.58. The van der Waals surface area contributed by atoms with E-state index in [1.165, 1.54) is 0 Å². The summed E-state index contributed by atoms with van der Waals surface area (Å²) in [7, 11) is 1.74. The van der Waals surface area contributed by atoms with Gasteiger partial charge in [0.2, 0.25) is 0 Å². The van der Waals surface area contributed by atoms with Crippen molar-refractivity contribution in [2.24, 2.45) is 0 Å². The van der Waals surface area contributed by atoms with Crippen molar-refractivity contribution in [1.29, 1.82) is 0 Å². The quantitative estimate of drug-likeness (QED) is 0.901. The van der Waals surface area contributed by atoms with Crippen LogP contribution in [-0.2, 0) is 4.74 Å². The minimum absolute atomic E-state index is 0.294. The average molecular weight is 256 g/mol. The van der Waals surface area contributed by atoms with Crippen LogP contribution in [0.4, 0.5) is 5.69 Å². The molecule has 1 aromatic rings. The fourth-order valence-corrected chi connectivity index (χ4v) is 2.49. The Morgan fingerprint density at radius 3 is 2.82 bits per heavy atom. The van der Waals surface area contributed by atoms with Crippen LogP contribution in [0.3, 0.4) is 0 Å². The Labute approximate surface area is 107 Å². The lowest BCUT2D eigenvalue weighted by molar-refractivity contribution is 0.121. The van der Waals surface area contributed by atoms with E-state index in [9.17, 15) is 5.11 Å². The van der Waals surface area contributed by atoms with Crippen LogP contribution in [0.15, 0.2) is 18.2 Å². The number of aliphatic hydroxyl groups is 1. The van der Waals surface area contributed by atoms with E-state index in [0.717, 1.165) is 30.8 Å². The first-order chi connectivity index (χ1) is 8.11. The molecule has 0 aromatic heterocycles. The summed E-state index contributed by atoms with van der Waals surface area (Å²) < 4.78 is 5.34. The van der Waals surface area contributed by atoms with E-state index in [1.54, 1.807) is 14.0 Å². The molecule has 94 valence electrons. The molecule has 0 aliphatic carbocycles. The predicted molar refractivity (Wildman–Crippen MR) is 69.7 cm³/mol. The van der Waals surface area contributed by atoms with E-state index >= 15 is 0 Å². The molecule has 1 aliphatic heterocycles. The number of aliphatic hydroxyl groups excluding tert-OH is 1. The SMILES string of the molecule is COC1CCN(c2ccc([C@H](C)O)cc2Cl)C1. The van der Waals surface area contributed by atoms with Gasteiger partial charge in [0.15, 0.2) is 0 Å². The van der Waals surface area contributed by atoms with Gasteiger partial charge in [-0.05, 0) is 31.0 Å². The summed E-state index contributed by atoms with van der Waals surface area (Å²) in [5, 5.41) is 10.2. The highest BCUT2D eigenvalue weighted by Crippen LogP contribution is 2.31. The summed E-state index contributed by atoms with van der Waals surface area (Å²) in [6, 6.07) is 5.73. The third-order valence-electron chi connectivity index (χ3n) is 3.27. The van der Waals surface area contributed by atoms with Crippen molar-refractivity contribution in [3.8, 4) is 0 Å². The van der Waals surface area contributed by atoms with Gasteiger partial charge >= 0.3 is 0 Å². The molecule has 1 aromatic carbocycles. The summed E-state index contributed by atoms with van der Waals surface area (Å²) >= 11 is 6.25. The van der Waals surface area contributed by atoms with Gasteiger partial charge in [0.1, 0.15) is 0 Å². The van der Waals surface area contributed by atoms with Crippen molar-refractivity contribution in [1.82, 2.24) is 0 Å². The zero-order chi connectivity index (χ0) is 12.4. The van der Waals surface area contributed by atoms with Crippen LogP contribution in [0.2, 0.25) is 5.02 Å². The van der Waals surface area contributed by atoms with Crippen molar-refractivity contribution in [2.75, 3.05) is 25.1 Å². The Hall–Kier alpha value is -0.770. The molecule has 1 unspecified atom stereocenters. The van der Waals surface area contributed by atoms with Gasteiger partial charge in [-0.2, -0.15) is 0 Å². The number of benzene rings is 1. The van der Waals surface area contributed by atoms with Gasteiger partial charge in [0.25, 0.3) is 0 Å². The summed E-state index contributed by atoms with van der Waals surface area (Å²) in [5.74, 6) is 0. The third-order valence-corrected chi connectivity index (χ3v) is 3.58. The van der Waals surface area contributed by atoms with Crippen LogP contribution in [0.25, 0.3) is 0 Å². The number of anilines is 1. The second-order valence-electron chi connectivity index (χ2n) is 4.48. The molecule has 2 atom stereocenters. The zero-order valence-corrected chi connectivity index (χ0v) is 10.9. The fraction of sp³-hybridized carbons (Fsp3) is 0.538. The topological polar surface area (TPSA) is 32.7 Å². The zero-order valence-electron chi connectivity index (χ0n) is 10.2. The Kier molecular flexibility index (Phi) is 3.92. The molecule has 1 saturated heterocycles. The van der Waals surface area contributed by atoms with Crippen LogP contribution in [0.5, 0.6) is 0 Å².